The van der Waals surface area contributed by atoms with Crippen molar-refractivity contribution in [1.82, 2.24) is 9.36 Å². The summed E-state index contributed by atoms with van der Waals surface area (Å²) in [6.07, 6.45) is -3.31. The van der Waals surface area contributed by atoms with Gasteiger partial charge in [-0.3, -0.25) is 0 Å². The second kappa shape index (κ2) is 6.76. The Hall–Kier alpha value is -1.12. The second-order valence-electron chi connectivity index (χ2n) is 4.30. The largest absolute Gasteiger partial charge is 0.417 e. The minimum Gasteiger partial charge on any atom is -0.330 e. The van der Waals surface area contributed by atoms with Gasteiger partial charge in [-0.1, -0.05) is 24.8 Å². The van der Waals surface area contributed by atoms with Gasteiger partial charge in [0.05, 0.1) is 5.56 Å². The SMILES string of the molecule is CCc1nsc(Sc2ccc(CCN)cc2C(F)(F)F)n1. The van der Waals surface area contributed by atoms with E-state index in [1.165, 1.54) is 6.07 Å². The van der Waals surface area contributed by atoms with E-state index in [4.69, 9.17) is 5.73 Å². The first-order valence-electron chi connectivity index (χ1n) is 6.34. The highest BCUT2D eigenvalue weighted by molar-refractivity contribution is 8.01. The highest BCUT2D eigenvalue weighted by Crippen LogP contribution is 2.40. The number of benzene rings is 1. The van der Waals surface area contributed by atoms with Crippen molar-refractivity contribution in [2.45, 2.75) is 35.2 Å². The van der Waals surface area contributed by atoms with Crippen LogP contribution in [0.25, 0.3) is 0 Å². The molecule has 114 valence electrons. The summed E-state index contributed by atoms with van der Waals surface area (Å²) in [4.78, 5) is 4.33. The number of rotatable bonds is 5. The van der Waals surface area contributed by atoms with Gasteiger partial charge in [0, 0.05) is 11.3 Å². The van der Waals surface area contributed by atoms with Gasteiger partial charge in [0.15, 0.2) is 4.34 Å². The Morgan fingerprint density at radius 2 is 2.10 bits per heavy atom. The first kappa shape index (κ1) is 16.3. The van der Waals surface area contributed by atoms with Crippen LogP contribution < -0.4 is 5.73 Å². The van der Waals surface area contributed by atoms with Crippen LogP contribution in [-0.4, -0.2) is 15.9 Å². The fourth-order valence-electron chi connectivity index (χ4n) is 1.73. The standard InChI is InChI=1S/C13H14F3N3S2/c1-2-11-18-12(21-19-11)20-10-4-3-8(5-6-17)7-9(10)13(14,15)16/h3-4,7H,2,5-6,17H2,1H3. The maximum absolute atomic E-state index is 13.2. The lowest BCUT2D eigenvalue weighted by Gasteiger charge is -2.13. The van der Waals surface area contributed by atoms with Crippen LogP contribution in [0, 0.1) is 0 Å². The summed E-state index contributed by atoms with van der Waals surface area (Å²) < 4.78 is 44.1. The average Bonchev–Trinajstić information content (AvgIpc) is 2.87. The summed E-state index contributed by atoms with van der Waals surface area (Å²) in [6, 6.07) is 4.31. The first-order valence-corrected chi connectivity index (χ1v) is 7.93. The van der Waals surface area contributed by atoms with Gasteiger partial charge in [-0.2, -0.15) is 17.5 Å². The van der Waals surface area contributed by atoms with Gasteiger partial charge in [0.2, 0.25) is 0 Å². The molecular formula is C13H14F3N3S2. The topological polar surface area (TPSA) is 51.8 Å². The summed E-state index contributed by atoms with van der Waals surface area (Å²) in [6.45, 7) is 2.22. The molecule has 0 saturated carbocycles. The van der Waals surface area contributed by atoms with E-state index in [2.05, 4.69) is 9.36 Å². The van der Waals surface area contributed by atoms with Gasteiger partial charge in [0.25, 0.3) is 0 Å². The molecule has 0 fully saturated rings. The van der Waals surface area contributed by atoms with Crippen molar-refractivity contribution in [2.75, 3.05) is 6.54 Å². The number of nitrogens with zero attached hydrogens (tertiary/aromatic N) is 2. The van der Waals surface area contributed by atoms with E-state index >= 15 is 0 Å². The minimum absolute atomic E-state index is 0.141. The predicted octanol–water partition coefficient (Wildman–Crippen LogP) is 3.77. The zero-order valence-corrected chi connectivity index (χ0v) is 12.9. The lowest BCUT2D eigenvalue weighted by atomic mass is 10.1. The molecule has 0 bridgehead atoms. The van der Waals surface area contributed by atoms with Crippen molar-refractivity contribution >= 4 is 23.3 Å². The molecule has 1 aromatic carbocycles. The molecule has 0 atom stereocenters. The lowest BCUT2D eigenvalue weighted by Crippen LogP contribution is -2.09. The molecule has 0 saturated heterocycles. The quantitative estimate of drug-likeness (QED) is 0.905. The van der Waals surface area contributed by atoms with Gasteiger partial charge < -0.3 is 5.73 Å². The Labute approximate surface area is 128 Å². The summed E-state index contributed by atoms with van der Waals surface area (Å²) in [5.74, 6) is 0.649. The first-order chi connectivity index (χ1) is 9.94. The Morgan fingerprint density at radius 1 is 1.33 bits per heavy atom. The van der Waals surface area contributed by atoms with Crippen LogP contribution in [0.1, 0.15) is 23.9 Å². The zero-order chi connectivity index (χ0) is 15.5. The summed E-state index contributed by atoms with van der Waals surface area (Å²) in [5.41, 5.74) is 5.33. The maximum atomic E-state index is 13.2. The highest BCUT2D eigenvalue weighted by atomic mass is 32.2. The van der Waals surface area contributed by atoms with Crippen molar-refractivity contribution in [3.8, 4) is 0 Å². The zero-order valence-electron chi connectivity index (χ0n) is 11.3. The maximum Gasteiger partial charge on any atom is 0.417 e. The number of alkyl halides is 3. The third kappa shape index (κ3) is 4.18. The van der Waals surface area contributed by atoms with Gasteiger partial charge >= 0.3 is 6.18 Å². The normalized spacial score (nSPS) is 11.9. The molecule has 2 aromatic rings. The second-order valence-corrected chi connectivity index (χ2v) is 6.34. The van der Waals surface area contributed by atoms with E-state index in [0.717, 1.165) is 29.4 Å². The number of halogens is 3. The van der Waals surface area contributed by atoms with Crippen LogP contribution in [-0.2, 0) is 19.0 Å². The molecule has 2 rings (SSSR count). The van der Waals surface area contributed by atoms with Gasteiger partial charge in [-0.15, -0.1) is 0 Å². The molecule has 1 heterocycles. The van der Waals surface area contributed by atoms with Crippen LogP contribution in [0.2, 0.25) is 0 Å². The Bertz CT molecular complexity index is 611. The summed E-state index contributed by atoms with van der Waals surface area (Å²) in [7, 11) is 0. The van der Waals surface area contributed by atoms with Gasteiger partial charge in [0.1, 0.15) is 5.82 Å². The van der Waals surface area contributed by atoms with Crippen molar-refractivity contribution in [2.24, 2.45) is 5.73 Å². The number of hydrogen-bond donors (Lipinski definition) is 1. The van der Waals surface area contributed by atoms with Crippen molar-refractivity contribution in [3.63, 3.8) is 0 Å². The Balaban J connectivity index is 2.33. The third-order valence-corrected chi connectivity index (χ3v) is 4.61. The predicted molar refractivity (Wildman–Crippen MR) is 77.6 cm³/mol. The fourth-order valence-corrected chi connectivity index (χ4v) is 3.52. The van der Waals surface area contributed by atoms with E-state index < -0.39 is 11.7 Å². The molecule has 0 unspecified atom stereocenters. The Kier molecular flexibility index (Phi) is 5.23. The minimum atomic E-state index is -4.40. The number of hydrogen-bond acceptors (Lipinski definition) is 5. The molecule has 2 N–H and O–H groups in total. The van der Waals surface area contributed by atoms with Crippen LogP contribution in [0.15, 0.2) is 27.4 Å². The molecule has 8 heteroatoms. The van der Waals surface area contributed by atoms with Crippen molar-refractivity contribution in [3.05, 3.63) is 35.2 Å². The average molecular weight is 333 g/mol. The highest BCUT2D eigenvalue weighted by Gasteiger charge is 2.34. The monoisotopic (exact) mass is 333 g/mol. The van der Waals surface area contributed by atoms with Crippen LogP contribution in [0.4, 0.5) is 13.2 Å². The van der Waals surface area contributed by atoms with E-state index in [1.54, 1.807) is 6.07 Å². The molecule has 0 spiro atoms. The van der Waals surface area contributed by atoms with Crippen LogP contribution >= 0.6 is 23.3 Å². The van der Waals surface area contributed by atoms with E-state index in [-0.39, 0.29) is 4.90 Å². The molecule has 0 amide bonds. The summed E-state index contributed by atoms with van der Waals surface area (Å²) in [5, 5.41) is 0. The third-order valence-electron chi connectivity index (χ3n) is 2.75. The van der Waals surface area contributed by atoms with Gasteiger partial charge in [-0.05, 0) is 42.2 Å². The van der Waals surface area contributed by atoms with E-state index in [1.807, 2.05) is 6.92 Å². The summed E-state index contributed by atoms with van der Waals surface area (Å²) >= 11 is 2.11. The molecular weight excluding hydrogens is 319 g/mol. The van der Waals surface area contributed by atoms with E-state index in [0.29, 0.717) is 35.1 Å². The van der Waals surface area contributed by atoms with Gasteiger partial charge in [-0.25, -0.2) is 4.98 Å². The lowest BCUT2D eigenvalue weighted by molar-refractivity contribution is -0.139. The molecule has 0 aliphatic rings. The van der Waals surface area contributed by atoms with Crippen LogP contribution in [0.5, 0.6) is 0 Å². The molecule has 0 radical (unpaired) electrons. The molecule has 0 aliphatic heterocycles. The molecule has 21 heavy (non-hydrogen) atoms. The molecule has 3 nitrogen and oxygen atoms in total. The Morgan fingerprint density at radius 3 is 2.67 bits per heavy atom. The smallest absolute Gasteiger partial charge is 0.330 e. The molecule has 0 aliphatic carbocycles. The number of aromatic nitrogens is 2. The number of aryl methyl sites for hydroxylation is 1. The van der Waals surface area contributed by atoms with Crippen molar-refractivity contribution < 1.29 is 13.2 Å². The van der Waals surface area contributed by atoms with Crippen molar-refractivity contribution in [1.29, 1.82) is 0 Å². The van der Waals surface area contributed by atoms with E-state index in [9.17, 15) is 13.2 Å². The fraction of sp³-hybridized carbons (Fsp3) is 0.385. The number of nitrogens with two attached hydrogens (primary N) is 1. The molecule has 1 aromatic heterocycles. The van der Waals surface area contributed by atoms with Crippen LogP contribution in [0.3, 0.4) is 0 Å².